The third-order valence-electron chi connectivity index (χ3n) is 4.20. The number of rotatable bonds is 7. The number of benzene rings is 1. The maximum atomic E-state index is 5.59. The lowest BCUT2D eigenvalue weighted by molar-refractivity contribution is 0.414. The number of hydrogen-bond donors (Lipinski definition) is 2. The fraction of sp³-hybridized carbons (Fsp3) is 0.350. The van der Waals surface area contributed by atoms with Gasteiger partial charge in [0.15, 0.2) is 5.96 Å². The second-order valence-corrected chi connectivity index (χ2v) is 6.25. The molecule has 2 aromatic heterocycles. The molecule has 0 aliphatic carbocycles. The lowest BCUT2D eigenvalue weighted by Gasteiger charge is -2.09. The van der Waals surface area contributed by atoms with Gasteiger partial charge < -0.3 is 19.8 Å². The summed E-state index contributed by atoms with van der Waals surface area (Å²) in [5.74, 6) is 2.99. The number of oxazole rings is 1. The van der Waals surface area contributed by atoms with Crippen molar-refractivity contribution in [2.75, 3.05) is 13.7 Å². The molecule has 8 nitrogen and oxygen atoms in total. The van der Waals surface area contributed by atoms with Crippen LogP contribution >= 0.6 is 24.0 Å². The molecular formula is C20H27IN6O2. The monoisotopic (exact) mass is 510 g/mol. The Morgan fingerprint density at radius 3 is 2.55 bits per heavy atom. The molecule has 0 fully saturated rings. The maximum Gasteiger partial charge on any atom is 0.214 e. The zero-order valence-corrected chi connectivity index (χ0v) is 19.4. The van der Waals surface area contributed by atoms with Crippen LogP contribution in [-0.2, 0) is 13.1 Å². The highest BCUT2D eigenvalue weighted by molar-refractivity contribution is 14.0. The van der Waals surface area contributed by atoms with E-state index in [4.69, 9.17) is 9.15 Å². The molecule has 0 radical (unpaired) electrons. The van der Waals surface area contributed by atoms with Crippen LogP contribution in [0.1, 0.15) is 30.0 Å². The van der Waals surface area contributed by atoms with Gasteiger partial charge >= 0.3 is 0 Å². The van der Waals surface area contributed by atoms with Crippen LogP contribution in [0.15, 0.2) is 45.9 Å². The van der Waals surface area contributed by atoms with Crippen LogP contribution in [0.4, 0.5) is 0 Å². The Hall–Kier alpha value is -2.56. The molecule has 3 rings (SSSR count). The minimum atomic E-state index is 0. The number of methoxy groups -OCH3 is 1. The quantitative estimate of drug-likeness (QED) is 0.288. The molecule has 0 aliphatic heterocycles. The number of guanidine groups is 1. The first-order valence-corrected chi connectivity index (χ1v) is 9.23. The lowest BCUT2D eigenvalue weighted by atomic mass is 10.3. The van der Waals surface area contributed by atoms with Gasteiger partial charge in [-0.3, -0.25) is 0 Å². The van der Waals surface area contributed by atoms with Gasteiger partial charge in [-0.1, -0.05) is 0 Å². The summed E-state index contributed by atoms with van der Waals surface area (Å²) >= 11 is 0. The number of hydrogen-bond acceptors (Lipinski definition) is 5. The summed E-state index contributed by atoms with van der Waals surface area (Å²) in [5, 5.41) is 11.0. The molecule has 0 saturated heterocycles. The Morgan fingerprint density at radius 2 is 1.93 bits per heavy atom. The van der Waals surface area contributed by atoms with Crippen molar-refractivity contribution in [1.82, 2.24) is 25.4 Å². The molecular weight excluding hydrogens is 483 g/mol. The summed E-state index contributed by atoms with van der Waals surface area (Å²) in [5.41, 5.74) is 2.74. The van der Waals surface area contributed by atoms with E-state index in [1.807, 2.05) is 62.0 Å². The van der Waals surface area contributed by atoms with Crippen LogP contribution in [0.25, 0.3) is 5.69 Å². The van der Waals surface area contributed by atoms with Gasteiger partial charge in [0.05, 0.1) is 37.3 Å². The first kappa shape index (κ1) is 22.7. The van der Waals surface area contributed by atoms with E-state index in [2.05, 4.69) is 25.7 Å². The second-order valence-electron chi connectivity index (χ2n) is 6.25. The molecule has 0 bridgehead atoms. The second kappa shape index (κ2) is 10.8. The number of ether oxygens (including phenoxy) is 1. The van der Waals surface area contributed by atoms with Gasteiger partial charge in [0.1, 0.15) is 11.5 Å². The molecule has 2 heterocycles. The molecule has 2 N–H and O–H groups in total. The third kappa shape index (κ3) is 6.21. The average Bonchev–Trinajstić information content (AvgIpc) is 3.31. The normalized spacial score (nSPS) is 11.1. The van der Waals surface area contributed by atoms with Crippen molar-refractivity contribution in [1.29, 1.82) is 0 Å². The Bertz CT molecular complexity index is 913. The molecule has 156 valence electrons. The fourth-order valence-corrected chi connectivity index (χ4v) is 2.60. The van der Waals surface area contributed by atoms with Crippen molar-refractivity contribution in [3.05, 3.63) is 59.6 Å². The van der Waals surface area contributed by atoms with E-state index in [9.17, 15) is 0 Å². The summed E-state index contributed by atoms with van der Waals surface area (Å²) in [4.78, 5) is 8.96. The van der Waals surface area contributed by atoms with Crippen molar-refractivity contribution in [3.63, 3.8) is 0 Å². The standard InChI is InChI=1S/C20H26N6O2.HI/c1-5-21-20(23-13-19-24-14(2)15(3)28-19)22-12-16-10-11-26(25-16)17-6-8-18(27-4)9-7-17;/h6-11H,5,12-13H2,1-4H3,(H2,21,22,23);1H. The molecule has 0 spiro atoms. The maximum absolute atomic E-state index is 5.59. The van der Waals surface area contributed by atoms with E-state index in [0.717, 1.165) is 35.1 Å². The van der Waals surface area contributed by atoms with Crippen LogP contribution < -0.4 is 15.4 Å². The summed E-state index contributed by atoms with van der Waals surface area (Å²) < 4.78 is 12.6. The molecule has 0 unspecified atom stereocenters. The molecule has 9 heteroatoms. The Balaban J connectivity index is 0.00000300. The van der Waals surface area contributed by atoms with E-state index in [-0.39, 0.29) is 24.0 Å². The van der Waals surface area contributed by atoms with Crippen molar-refractivity contribution in [2.24, 2.45) is 4.99 Å². The summed E-state index contributed by atoms with van der Waals surface area (Å²) in [6, 6.07) is 9.70. The Labute approximate surface area is 187 Å². The summed E-state index contributed by atoms with van der Waals surface area (Å²) in [6.45, 7) is 7.55. The first-order valence-electron chi connectivity index (χ1n) is 9.23. The Kier molecular flexibility index (Phi) is 8.50. The highest BCUT2D eigenvalue weighted by Crippen LogP contribution is 2.14. The lowest BCUT2D eigenvalue weighted by Crippen LogP contribution is -2.36. The van der Waals surface area contributed by atoms with Crippen LogP contribution in [-0.4, -0.2) is 34.4 Å². The van der Waals surface area contributed by atoms with E-state index in [1.54, 1.807) is 7.11 Å². The molecule has 0 aliphatic rings. The van der Waals surface area contributed by atoms with Crippen LogP contribution in [0.3, 0.4) is 0 Å². The molecule has 3 aromatic rings. The van der Waals surface area contributed by atoms with E-state index < -0.39 is 0 Å². The number of nitrogens with one attached hydrogen (secondary N) is 2. The fourth-order valence-electron chi connectivity index (χ4n) is 2.60. The van der Waals surface area contributed by atoms with Gasteiger partial charge in [-0.25, -0.2) is 14.7 Å². The van der Waals surface area contributed by atoms with Crippen molar-refractivity contribution >= 4 is 29.9 Å². The van der Waals surface area contributed by atoms with Gasteiger partial charge in [-0.2, -0.15) is 5.10 Å². The molecule has 0 saturated carbocycles. The number of nitrogens with zero attached hydrogens (tertiary/aromatic N) is 4. The average molecular weight is 510 g/mol. The van der Waals surface area contributed by atoms with Gasteiger partial charge in [0, 0.05) is 12.7 Å². The van der Waals surface area contributed by atoms with Crippen LogP contribution in [0.2, 0.25) is 0 Å². The summed E-state index contributed by atoms with van der Waals surface area (Å²) in [6.07, 6.45) is 1.92. The topological polar surface area (TPSA) is 89.5 Å². The van der Waals surface area contributed by atoms with E-state index in [0.29, 0.717) is 24.9 Å². The van der Waals surface area contributed by atoms with E-state index in [1.165, 1.54) is 0 Å². The van der Waals surface area contributed by atoms with E-state index >= 15 is 0 Å². The van der Waals surface area contributed by atoms with Crippen molar-refractivity contribution < 1.29 is 9.15 Å². The number of aliphatic imine (C=N–C) groups is 1. The van der Waals surface area contributed by atoms with Crippen molar-refractivity contribution in [3.8, 4) is 11.4 Å². The Morgan fingerprint density at radius 1 is 1.17 bits per heavy atom. The number of halogens is 1. The minimum absolute atomic E-state index is 0. The smallest absolute Gasteiger partial charge is 0.214 e. The number of aromatic nitrogens is 3. The van der Waals surface area contributed by atoms with Gasteiger partial charge in [0.2, 0.25) is 5.89 Å². The molecule has 1 aromatic carbocycles. The third-order valence-corrected chi connectivity index (χ3v) is 4.20. The zero-order chi connectivity index (χ0) is 19.9. The van der Waals surface area contributed by atoms with Gasteiger partial charge in [-0.05, 0) is 51.1 Å². The molecule has 0 amide bonds. The van der Waals surface area contributed by atoms with Gasteiger partial charge in [0.25, 0.3) is 0 Å². The minimum Gasteiger partial charge on any atom is -0.497 e. The number of aryl methyl sites for hydroxylation is 2. The van der Waals surface area contributed by atoms with Crippen LogP contribution in [0, 0.1) is 13.8 Å². The first-order chi connectivity index (χ1) is 13.6. The van der Waals surface area contributed by atoms with Gasteiger partial charge in [-0.15, -0.1) is 24.0 Å². The highest BCUT2D eigenvalue weighted by Gasteiger charge is 2.07. The summed E-state index contributed by atoms with van der Waals surface area (Å²) in [7, 11) is 1.65. The SMILES string of the molecule is CCNC(=NCc1ccn(-c2ccc(OC)cc2)n1)NCc1nc(C)c(C)o1.I. The molecule has 0 atom stereocenters. The largest absolute Gasteiger partial charge is 0.497 e. The van der Waals surface area contributed by atoms with Crippen molar-refractivity contribution in [2.45, 2.75) is 33.9 Å². The predicted molar refractivity (Wildman–Crippen MR) is 123 cm³/mol. The van der Waals surface area contributed by atoms with Crippen LogP contribution in [0.5, 0.6) is 5.75 Å². The zero-order valence-electron chi connectivity index (χ0n) is 17.1. The highest BCUT2D eigenvalue weighted by atomic mass is 127. The predicted octanol–water partition coefficient (Wildman–Crippen LogP) is 3.36. The molecule has 29 heavy (non-hydrogen) atoms.